The first-order valence-corrected chi connectivity index (χ1v) is 10.2. The number of nitrogens with zero attached hydrogens (tertiary/aromatic N) is 6. The number of rotatable bonds is 4. The van der Waals surface area contributed by atoms with E-state index in [2.05, 4.69) is 30.5 Å². The summed E-state index contributed by atoms with van der Waals surface area (Å²) in [5.74, 6) is -0.366. The number of hydrogen-bond acceptors (Lipinski definition) is 10. The van der Waals surface area contributed by atoms with Gasteiger partial charge in [-0.1, -0.05) is 0 Å². The van der Waals surface area contributed by atoms with Gasteiger partial charge in [-0.2, -0.15) is 5.26 Å². The lowest BCUT2D eigenvalue weighted by Gasteiger charge is -2.37. The number of carbonyl (C=O) groups excluding carboxylic acids is 2. The molecule has 2 saturated heterocycles. The smallest absolute Gasteiger partial charge is 0.253 e. The average Bonchev–Trinajstić information content (AvgIpc) is 3.25. The minimum Gasteiger partial charge on any atom is -0.360 e. The molecule has 1 spiro atoms. The zero-order valence-electron chi connectivity index (χ0n) is 16.2. The molecule has 30 heavy (non-hydrogen) atoms. The number of nitrogens with one attached hydrogen (secondary N) is 2. The van der Waals surface area contributed by atoms with Crippen molar-refractivity contribution in [2.24, 2.45) is 0 Å². The van der Waals surface area contributed by atoms with E-state index in [4.69, 9.17) is 5.26 Å². The first kappa shape index (κ1) is 20.3. The minimum absolute atomic E-state index is 0.0634. The second-order valence-electron chi connectivity index (χ2n) is 7.25. The van der Waals surface area contributed by atoms with Gasteiger partial charge in [0.15, 0.2) is 11.5 Å². The number of carbonyl (C=O) groups is 2. The van der Waals surface area contributed by atoms with E-state index in [9.17, 15) is 14.7 Å². The van der Waals surface area contributed by atoms with Crippen molar-refractivity contribution in [2.45, 2.75) is 38.2 Å². The lowest BCUT2D eigenvalue weighted by atomic mass is 9.87. The van der Waals surface area contributed by atoms with E-state index in [1.165, 1.54) is 30.7 Å². The van der Waals surface area contributed by atoms with E-state index in [0.29, 0.717) is 37.6 Å². The van der Waals surface area contributed by atoms with Crippen LogP contribution in [-0.4, -0.2) is 61.8 Å². The molecule has 0 aliphatic carbocycles. The lowest BCUT2D eigenvalue weighted by molar-refractivity contribution is -0.124. The zero-order valence-corrected chi connectivity index (χ0v) is 17.0. The van der Waals surface area contributed by atoms with E-state index in [-0.39, 0.29) is 23.3 Å². The molecule has 0 aromatic carbocycles. The number of aliphatic hydroxyl groups excluding tert-OH is 1. The lowest BCUT2D eigenvalue weighted by Crippen LogP contribution is -2.55. The summed E-state index contributed by atoms with van der Waals surface area (Å²) in [6, 6.07) is 1.92. The summed E-state index contributed by atoms with van der Waals surface area (Å²) >= 11 is 1.43. The van der Waals surface area contributed by atoms with E-state index >= 15 is 0 Å². The van der Waals surface area contributed by atoms with Crippen molar-refractivity contribution in [1.82, 2.24) is 25.2 Å². The molecule has 0 radical (unpaired) electrons. The summed E-state index contributed by atoms with van der Waals surface area (Å²) in [4.78, 5) is 40.9. The van der Waals surface area contributed by atoms with Gasteiger partial charge in [0.25, 0.3) is 5.91 Å². The molecule has 2 aliphatic rings. The second-order valence-corrected chi connectivity index (χ2v) is 8.36. The number of aliphatic hydroxyl groups is 1. The Hall–Kier alpha value is -2.98. The molecule has 2 aliphatic heterocycles. The maximum Gasteiger partial charge on any atom is 0.253 e. The van der Waals surface area contributed by atoms with Crippen molar-refractivity contribution in [3.63, 3.8) is 0 Å². The number of amides is 2. The van der Waals surface area contributed by atoms with Gasteiger partial charge in [-0.25, -0.2) is 19.9 Å². The van der Waals surface area contributed by atoms with E-state index in [1.807, 2.05) is 6.07 Å². The predicted molar refractivity (Wildman–Crippen MR) is 107 cm³/mol. The number of anilines is 2. The van der Waals surface area contributed by atoms with E-state index in [1.54, 1.807) is 6.20 Å². The van der Waals surface area contributed by atoms with Crippen LogP contribution in [-0.2, 0) is 16.1 Å². The summed E-state index contributed by atoms with van der Waals surface area (Å²) in [6.45, 7) is 3.42. The Morgan fingerprint density at radius 3 is 2.70 bits per heavy atom. The number of thiazole rings is 1. The fourth-order valence-electron chi connectivity index (χ4n) is 3.68. The molecule has 11 nitrogen and oxygen atoms in total. The topological polar surface area (TPSA) is 147 Å². The van der Waals surface area contributed by atoms with Crippen molar-refractivity contribution in [3.8, 4) is 6.07 Å². The van der Waals surface area contributed by atoms with Crippen LogP contribution in [0, 0.1) is 11.3 Å². The summed E-state index contributed by atoms with van der Waals surface area (Å²) in [5.41, 5.74) is -0.594. The fraction of sp³-hybridized carbons (Fsp3) is 0.444. The highest BCUT2D eigenvalue weighted by Crippen LogP contribution is 2.33. The van der Waals surface area contributed by atoms with Crippen LogP contribution in [0.15, 0.2) is 18.6 Å². The van der Waals surface area contributed by atoms with Gasteiger partial charge in [0, 0.05) is 37.6 Å². The van der Waals surface area contributed by atoms with Crippen LogP contribution in [0.5, 0.6) is 0 Å². The van der Waals surface area contributed by atoms with Crippen LogP contribution >= 0.6 is 11.3 Å². The van der Waals surface area contributed by atoms with Crippen molar-refractivity contribution < 1.29 is 14.7 Å². The Morgan fingerprint density at radius 2 is 2.07 bits per heavy atom. The molecule has 2 amide bonds. The molecule has 0 saturated carbocycles. The number of hydrogen-bond donors (Lipinski definition) is 3. The average molecular weight is 428 g/mol. The molecule has 2 fully saturated rings. The highest BCUT2D eigenvalue weighted by molar-refractivity contribution is 7.15. The van der Waals surface area contributed by atoms with Crippen LogP contribution in [0.2, 0.25) is 0 Å². The number of likely N-dealkylation sites (tertiary alicyclic amines) is 1. The first-order chi connectivity index (χ1) is 14.4. The molecule has 1 atom stereocenters. The van der Waals surface area contributed by atoms with Crippen LogP contribution in [0.4, 0.5) is 11.1 Å². The highest BCUT2D eigenvalue weighted by Gasteiger charge is 2.53. The molecule has 3 N–H and O–H groups in total. The number of aromatic nitrogens is 3. The highest BCUT2D eigenvalue weighted by atomic mass is 32.1. The molecule has 156 valence electrons. The zero-order chi connectivity index (χ0) is 21.3. The maximum absolute atomic E-state index is 13.1. The Bertz CT molecular complexity index is 994. The summed E-state index contributed by atoms with van der Waals surface area (Å²) in [7, 11) is 0. The minimum atomic E-state index is -1.22. The Morgan fingerprint density at radius 1 is 1.37 bits per heavy atom. The van der Waals surface area contributed by atoms with Gasteiger partial charge in [0.2, 0.25) is 11.9 Å². The van der Waals surface area contributed by atoms with Gasteiger partial charge in [0.05, 0.1) is 18.0 Å². The molecule has 4 heterocycles. The molecule has 0 bridgehead atoms. The largest absolute Gasteiger partial charge is 0.360 e. The molecule has 2 aromatic heterocycles. The van der Waals surface area contributed by atoms with Gasteiger partial charge in [-0.3, -0.25) is 19.8 Å². The van der Waals surface area contributed by atoms with Crippen molar-refractivity contribution in [2.75, 3.05) is 23.3 Å². The van der Waals surface area contributed by atoms with Gasteiger partial charge in [0.1, 0.15) is 11.6 Å². The third-order valence-corrected chi connectivity index (χ3v) is 6.08. The van der Waals surface area contributed by atoms with E-state index < -0.39 is 11.9 Å². The molecule has 12 heteroatoms. The predicted octanol–water partition coefficient (Wildman–Crippen LogP) is 0.0101. The normalized spacial score (nSPS) is 21.0. The second kappa shape index (κ2) is 8.04. The molecule has 2 aromatic rings. The Labute approximate surface area is 176 Å². The van der Waals surface area contributed by atoms with Crippen molar-refractivity contribution >= 4 is 34.2 Å². The third-order valence-electron chi connectivity index (χ3n) is 5.19. The third kappa shape index (κ3) is 3.88. The summed E-state index contributed by atoms with van der Waals surface area (Å²) < 4.78 is 0. The van der Waals surface area contributed by atoms with Crippen molar-refractivity contribution in [1.29, 1.82) is 5.26 Å². The monoisotopic (exact) mass is 428 g/mol. The number of nitriles is 1. The molecular weight excluding hydrogens is 408 g/mol. The molecular formula is C18H20N8O3S. The van der Waals surface area contributed by atoms with Crippen LogP contribution in [0.3, 0.4) is 0 Å². The molecule has 1 unspecified atom stereocenters. The van der Waals surface area contributed by atoms with Gasteiger partial charge >= 0.3 is 0 Å². The Balaban J connectivity index is 1.40. The van der Waals surface area contributed by atoms with Crippen LogP contribution in [0.25, 0.3) is 0 Å². The maximum atomic E-state index is 13.1. The fourth-order valence-corrected chi connectivity index (χ4v) is 4.58. The SMILES string of the molecule is CC(=O)Nc1ncc(CN2CCC3(CC2)NC(O)N(c2ncc(C#N)cn2)C3=O)s1. The van der Waals surface area contributed by atoms with Crippen molar-refractivity contribution in [3.05, 3.63) is 29.0 Å². The summed E-state index contributed by atoms with van der Waals surface area (Å²) in [5, 5.41) is 25.5. The first-order valence-electron chi connectivity index (χ1n) is 9.36. The van der Waals surface area contributed by atoms with Gasteiger partial charge in [-0.05, 0) is 12.8 Å². The standard InChI is InChI=1S/C18H20N8O3S/c1-11(27)23-16-22-9-13(30-16)10-25-4-2-18(3-5-25)14(28)26(17(29)24-18)15-20-7-12(6-19)8-21-15/h7-9,17,24,29H,2-5,10H2,1H3,(H,22,23,27). The van der Waals surface area contributed by atoms with Crippen LogP contribution in [0.1, 0.15) is 30.2 Å². The molecule has 4 rings (SSSR count). The number of piperidine rings is 1. The van der Waals surface area contributed by atoms with Gasteiger partial charge < -0.3 is 10.4 Å². The summed E-state index contributed by atoms with van der Waals surface area (Å²) in [6.07, 6.45) is 4.20. The van der Waals surface area contributed by atoms with E-state index in [0.717, 1.165) is 9.78 Å². The van der Waals surface area contributed by atoms with Gasteiger partial charge in [-0.15, -0.1) is 11.3 Å². The Kier molecular flexibility index (Phi) is 5.44. The quantitative estimate of drug-likeness (QED) is 0.612. The van der Waals surface area contributed by atoms with Crippen LogP contribution < -0.4 is 15.5 Å².